The predicted octanol–water partition coefficient (Wildman–Crippen LogP) is 3.92. The number of rotatable bonds is 7. The van der Waals surface area contributed by atoms with Gasteiger partial charge in [0, 0.05) is 44.2 Å². The van der Waals surface area contributed by atoms with Gasteiger partial charge >= 0.3 is 0 Å². The third kappa shape index (κ3) is 6.49. The Kier molecular flexibility index (Phi) is 8.23. The molecule has 1 unspecified atom stereocenters. The van der Waals surface area contributed by atoms with E-state index in [0.717, 1.165) is 24.8 Å². The molecular weight excluding hydrogens is 462 g/mol. The zero-order valence-electron chi connectivity index (χ0n) is 20.4. The van der Waals surface area contributed by atoms with Crippen LogP contribution in [0.2, 0.25) is 0 Å². The van der Waals surface area contributed by atoms with E-state index in [-0.39, 0.29) is 22.6 Å². The lowest BCUT2D eigenvalue weighted by atomic mass is 9.95. The van der Waals surface area contributed by atoms with E-state index in [0.29, 0.717) is 57.0 Å². The normalized spacial score (nSPS) is 19.9. The van der Waals surface area contributed by atoms with Crippen molar-refractivity contribution in [3.8, 4) is 0 Å². The number of likely N-dealkylation sites (tertiary alicyclic amines) is 1. The number of hydrogen-bond acceptors (Lipinski definition) is 4. The first kappa shape index (κ1) is 25.4. The number of nitrogens with one attached hydrogen (secondary N) is 1. The first-order valence-corrected chi connectivity index (χ1v) is 14.0. The Morgan fingerprint density at radius 2 is 1.63 bits per heavy atom. The molecule has 0 aromatic heterocycles. The standard InChI is InChI=1S/C27H35N3O4S/c1-21-6-5-17-30(20-21)35(33,34)25-12-10-24(11-13-25)28-27(32)23-15-18-29(19-16-23)26(31)14-9-22-7-3-2-4-8-22/h2-4,7-8,10-13,21,23H,5-6,9,14-20H2,1H3,(H,28,32). The van der Waals surface area contributed by atoms with Crippen molar-refractivity contribution in [2.24, 2.45) is 11.8 Å². The number of hydrogen-bond donors (Lipinski definition) is 1. The molecule has 0 saturated carbocycles. The molecule has 2 fully saturated rings. The van der Waals surface area contributed by atoms with Gasteiger partial charge in [-0.3, -0.25) is 9.59 Å². The molecule has 0 radical (unpaired) electrons. The average Bonchev–Trinajstić information content (AvgIpc) is 2.88. The summed E-state index contributed by atoms with van der Waals surface area (Å²) in [6.45, 7) is 4.34. The lowest BCUT2D eigenvalue weighted by Gasteiger charge is -2.31. The van der Waals surface area contributed by atoms with Crippen LogP contribution in [-0.4, -0.2) is 55.6 Å². The molecule has 7 nitrogen and oxygen atoms in total. The van der Waals surface area contributed by atoms with Crippen LogP contribution in [0.25, 0.3) is 0 Å². The van der Waals surface area contributed by atoms with Gasteiger partial charge in [-0.1, -0.05) is 37.3 Å². The second kappa shape index (κ2) is 11.4. The van der Waals surface area contributed by atoms with Crippen LogP contribution in [-0.2, 0) is 26.0 Å². The van der Waals surface area contributed by atoms with Crippen molar-refractivity contribution < 1.29 is 18.0 Å². The summed E-state index contributed by atoms with van der Waals surface area (Å²) in [6.07, 6.45) is 4.39. The largest absolute Gasteiger partial charge is 0.343 e. The van der Waals surface area contributed by atoms with E-state index in [1.807, 2.05) is 35.2 Å². The van der Waals surface area contributed by atoms with Crippen molar-refractivity contribution >= 4 is 27.5 Å². The maximum absolute atomic E-state index is 12.9. The van der Waals surface area contributed by atoms with Gasteiger partial charge in [-0.05, 0) is 67.9 Å². The fourth-order valence-electron chi connectivity index (χ4n) is 4.91. The van der Waals surface area contributed by atoms with Crippen LogP contribution < -0.4 is 5.32 Å². The van der Waals surface area contributed by atoms with E-state index in [4.69, 9.17) is 0 Å². The number of carbonyl (C=O) groups excluding carboxylic acids is 2. The fraction of sp³-hybridized carbons (Fsp3) is 0.481. The molecule has 4 rings (SSSR count). The Bertz CT molecular complexity index is 1110. The Morgan fingerprint density at radius 3 is 2.29 bits per heavy atom. The molecule has 2 aliphatic rings. The molecule has 1 N–H and O–H groups in total. The number of sulfonamides is 1. The van der Waals surface area contributed by atoms with E-state index in [9.17, 15) is 18.0 Å². The van der Waals surface area contributed by atoms with Crippen molar-refractivity contribution in [3.63, 3.8) is 0 Å². The van der Waals surface area contributed by atoms with Crippen molar-refractivity contribution in [1.29, 1.82) is 0 Å². The van der Waals surface area contributed by atoms with Gasteiger partial charge in [-0.25, -0.2) is 8.42 Å². The number of aryl methyl sites for hydroxylation is 1. The minimum absolute atomic E-state index is 0.0816. The molecule has 35 heavy (non-hydrogen) atoms. The van der Waals surface area contributed by atoms with E-state index in [1.54, 1.807) is 28.6 Å². The summed E-state index contributed by atoms with van der Waals surface area (Å²) < 4.78 is 27.4. The molecule has 2 amide bonds. The van der Waals surface area contributed by atoms with Crippen molar-refractivity contribution in [1.82, 2.24) is 9.21 Å². The Morgan fingerprint density at radius 1 is 0.943 bits per heavy atom. The first-order chi connectivity index (χ1) is 16.8. The molecule has 0 spiro atoms. The fourth-order valence-corrected chi connectivity index (χ4v) is 6.51. The van der Waals surface area contributed by atoms with Gasteiger partial charge in [0.15, 0.2) is 0 Å². The number of benzene rings is 2. The molecule has 2 aliphatic heterocycles. The van der Waals surface area contributed by atoms with Gasteiger partial charge in [-0.15, -0.1) is 0 Å². The highest BCUT2D eigenvalue weighted by Crippen LogP contribution is 2.25. The van der Waals surface area contributed by atoms with E-state index in [1.165, 1.54) is 0 Å². The number of anilines is 1. The SMILES string of the molecule is CC1CCCN(S(=O)(=O)c2ccc(NC(=O)C3CCN(C(=O)CCc4ccccc4)CC3)cc2)C1. The Labute approximate surface area is 208 Å². The summed E-state index contributed by atoms with van der Waals surface area (Å²) in [5.74, 6) is 0.253. The predicted molar refractivity (Wildman–Crippen MR) is 136 cm³/mol. The van der Waals surface area contributed by atoms with Crippen molar-refractivity contribution in [2.75, 3.05) is 31.5 Å². The van der Waals surface area contributed by atoms with Crippen LogP contribution in [0.3, 0.4) is 0 Å². The Balaban J connectivity index is 1.25. The van der Waals surface area contributed by atoms with E-state index < -0.39 is 10.0 Å². The average molecular weight is 498 g/mol. The summed E-state index contributed by atoms with van der Waals surface area (Å²) >= 11 is 0. The summed E-state index contributed by atoms with van der Waals surface area (Å²) in [4.78, 5) is 27.4. The molecular formula is C27H35N3O4S. The molecule has 188 valence electrons. The van der Waals surface area contributed by atoms with Crippen LogP contribution in [0.5, 0.6) is 0 Å². The second-order valence-electron chi connectivity index (χ2n) is 9.76. The quantitative estimate of drug-likeness (QED) is 0.628. The maximum atomic E-state index is 12.9. The highest BCUT2D eigenvalue weighted by atomic mass is 32.2. The summed E-state index contributed by atoms with van der Waals surface area (Å²) in [6, 6.07) is 16.4. The number of piperidine rings is 2. The molecule has 0 aliphatic carbocycles. The lowest BCUT2D eigenvalue weighted by molar-refractivity contribution is -0.134. The Hall–Kier alpha value is -2.71. The van der Waals surface area contributed by atoms with Gasteiger partial charge in [0.05, 0.1) is 4.90 Å². The number of carbonyl (C=O) groups is 2. The van der Waals surface area contributed by atoms with E-state index in [2.05, 4.69) is 12.2 Å². The van der Waals surface area contributed by atoms with Crippen LogP contribution in [0.4, 0.5) is 5.69 Å². The minimum Gasteiger partial charge on any atom is -0.343 e. The molecule has 2 heterocycles. The third-order valence-corrected chi connectivity index (χ3v) is 8.95. The van der Waals surface area contributed by atoms with E-state index >= 15 is 0 Å². The van der Waals surface area contributed by atoms with Gasteiger partial charge in [-0.2, -0.15) is 4.31 Å². The second-order valence-corrected chi connectivity index (χ2v) is 11.7. The highest BCUT2D eigenvalue weighted by Gasteiger charge is 2.29. The molecule has 2 aromatic carbocycles. The zero-order chi connectivity index (χ0) is 24.8. The number of amides is 2. The molecule has 1 atom stereocenters. The summed E-state index contributed by atoms with van der Waals surface area (Å²) in [5, 5.41) is 2.92. The van der Waals surface area contributed by atoms with Gasteiger partial charge < -0.3 is 10.2 Å². The highest BCUT2D eigenvalue weighted by molar-refractivity contribution is 7.89. The third-order valence-electron chi connectivity index (χ3n) is 7.07. The van der Waals surface area contributed by atoms with Crippen molar-refractivity contribution in [2.45, 2.75) is 50.3 Å². The van der Waals surface area contributed by atoms with Gasteiger partial charge in [0.25, 0.3) is 0 Å². The monoisotopic (exact) mass is 497 g/mol. The zero-order valence-corrected chi connectivity index (χ0v) is 21.2. The first-order valence-electron chi connectivity index (χ1n) is 12.6. The van der Waals surface area contributed by atoms with Crippen LogP contribution in [0, 0.1) is 11.8 Å². The topological polar surface area (TPSA) is 86.8 Å². The summed E-state index contributed by atoms with van der Waals surface area (Å²) in [5.41, 5.74) is 1.74. The number of nitrogens with zero attached hydrogens (tertiary/aromatic N) is 2. The molecule has 2 saturated heterocycles. The van der Waals surface area contributed by atoms with Crippen LogP contribution >= 0.6 is 0 Å². The van der Waals surface area contributed by atoms with Gasteiger partial charge in [0.1, 0.15) is 0 Å². The maximum Gasteiger partial charge on any atom is 0.243 e. The van der Waals surface area contributed by atoms with Gasteiger partial charge in [0.2, 0.25) is 21.8 Å². The smallest absolute Gasteiger partial charge is 0.243 e. The molecule has 8 heteroatoms. The molecule has 2 aromatic rings. The lowest BCUT2D eigenvalue weighted by Crippen LogP contribution is -2.41. The van der Waals surface area contributed by atoms with Crippen LogP contribution in [0.15, 0.2) is 59.5 Å². The molecule has 0 bridgehead atoms. The van der Waals surface area contributed by atoms with Crippen LogP contribution in [0.1, 0.15) is 44.6 Å². The van der Waals surface area contributed by atoms with Crippen molar-refractivity contribution in [3.05, 3.63) is 60.2 Å². The summed E-state index contributed by atoms with van der Waals surface area (Å²) in [7, 11) is -3.51. The minimum atomic E-state index is -3.51.